The molecular formula is C5H3BrO3. The quantitative estimate of drug-likeness (QED) is 0.735. The van der Waals surface area contributed by atoms with Crippen molar-refractivity contribution in [3.8, 4) is 0 Å². The van der Waals surface area contributed by atoms with Crippen molar-refractivity contribution in [2.45, 2.75) is 0 Å². The van der Waals surface area contributed by atoms with E-state index in [0.717, 1.165) is 0 Å². The Labute approximate surface area is 59.4 Å². The molecule has 1 rings (SSSR count). The molecule has 0 radical (unpaired) electrons. The fraction of sp³-hybridized carbons (Fsp3) is 0. The third kappa shape index (κ3) is 1.13. The third-order valence-electron chi connectivity index (χ3n) is 0.848. The van der Waals surface area contributed by atoms with E-state index in [9.17, 15) is 4.79 Å². The van der Waals surface area contributed by atoms with E-state index in [1.165, 1.54) is 12.3 Å². The molecule has 0 spiro atoms. The maximum Gasteiger partial charge on any atom is 0.340 e. The number of carboxylic acids is 1. The van der Waals surface area contributed by atoms with E-state index in [0.29, 0.717) is 0 Å². The summed E-state index contributed by atoms with van der Waals surface area (Å²) < 4.78 is 4.92. The van der Waals surface area contributed by atoms with E-state index in [1.807, 2.05) is 0 Å². The molecule has 0 atom stereocenters. The fourth-order valence-electron chi connectivity index (χ4n) is 0.446. The molecule has 9 heavy (non-hydrogen) atoms. The summed E-state index contributed by atoms with van der Waals surface area (Å²) in [5.74, 6) is -0.990. The highest BCUT2D eigenvalue weighted by atomic mass is 79.9. The Hall–Kier alpha value is -0.770. The molecule has 1 N–H and O–H groups in total. The lowest BCUT2D eigenvalue weighted by Gasteiger charge is -1.83. The van der Waals surface area contributed by atoms with Crippen molar-refractivity contribution < 1.29 is 14.3 Å². The van der Waals surface area contributed by atoms with Crippen LogP contribution in [0.1, 0.15) is 10.4 Å². The first kappa shape index (κ1) is 6.35. The fourth-order valence-corrected chi connectivity index (χ4v) is 0.856. The number of hydrogen-bond donors (Lipinski definition) is 1. The minimum Gasteiger partial charge on any atom is -0.478 e. The third-order valence-corrected chi connectivity index (χ3v) is 1.46. The van der Waals surface area contributed by atoms with Crippen molar-refractivity contribution >= 4 is 21.9 Å². The molecule has 0 bridgehead atoms. The summed E-state index contributed by atoms with van der Waals surface area (Å²) in [6.07, 6.45) is 1.31. The molecule has 0 saturated heterocycles. The average Bonchev–Trinajstić information content (AvgIpc) is 2.13. The van der Waals surface area contributed by atoms with Crippen molar-refractivity contribution in [2.75, 3.05) is 0 Å². The lowest BCUT2D eigenvalue weighted by molar-refractivity contribution is 0.0695. The highest BCUT2D eigenvalue weighted by Crippen LogP contribution is 2.16. The van der Waals surface area contributed by atoms with Crippen molar-refractivity contribution in [3.05, 3.63) is 22.6 Å². The van der Waals surface area contributed by atoms with Crippen LogP contribution in [0, 0.1) is 0 Å². The van der Waals surface area contributed by atoms with Gasteiger partial charge in [0, 0.05) is 0 Å². The molecule has 3 nitrogen and oxygen atoms in total. The van der Waals surface area contributed by atoms with Crippen molar-refractivity contribution in [1.82, 2.24) is 0 Å². The molecule has 0 aromatic carbocycles. The van der Waals surface area contributed by atoms with E-state index in [4.69, 9.17) is 5.11 Å². The predicted molar refractivity (Wildman–Crippen MR) is 33.4 cm³/mol. The number of rotatable bonds is 1. The summed E-state index contributed by atoms with van der Waals surface area (Å²) in [5.41, 5.74) is 0.148. The van der Waals surface area contributed by atoms with Gasteiger partial charge >= 0.3 is 5.97 Å². The molecule has 0 amide bonds. The van der Waals surface area contributed by atoms with Crippen LogP contribution in [-0.2, 0) is 0 Å². The predicted octanol–water partition coefficient (Wildman–Crippen LogP) is 1.74. The monoisotopic (exact) mass is 190 g/mol. The van der Waals surface area contributed by atoms with Gasteiger partial charge in [0.05, 0.1) is 6.26 Å². The van der Waals surface area contributed by atoms with Gasteiger partial charge in [-0.1, -0.05) is 0 Å². The number of carboxylic acid groups (broad SMARTS) is 1. The Balaban J connectivity index is 3.08. The minimum absolute atomic E-state index is 0.148. The number of furan rings is 1. The molecule has 0 aliphatic carbocycles. The van der Waals surface area contributed by atoms with Gasteiger partial charge in [0.15, 0.2) is 4.67 Å². The summed E-state index contributed by atoms with van der Waals surface area (Å²) in [5, 5.41) is 8.36. The van der Waals surface area contributed by atoms with Crippen LogP contribution in [0.25, 0.3) is 0 Å². The van der Waals surface area contributed by atoms with Gasteiger partial charge in [0.1, 0.15) is 5.56 Å². The van der Waals surface area contributed by atoms with E-state index >= 15 is 0 Å². The summed E-state index contributed by atoms with van der Waals surface area (Å²) in [4.78, 5) is 10.2. The number of aromatic carboxylic acids is 1. The van der Waals surface area contributed by atoms with Gasteiger partial charge in [-0.15, -0.1) is 0 Å². The smallest absolute Gasteiger partial charge is 0.340 e. The minimum atomic E-state index is -0.990. The Morgan fingerprint density at radius 1 is 1.78 bits per heavy atom. The molecule has 0 aliphatic heterocycles. The summed E-state index contributed by atoms with van der Waals surface area (Å²) in [6, 6.07) is 1.38. The van der Waals surface area contributed by atoms with E-state index in [-0.39, 0.29) is 10.2 Å². The van der Waals surface area contributed by atoms with Gasteiger partial charge in [0.25, 0.3) is 0 Å². The van der Waals surface area contributed by atoms with Gasteiger partial charge in [-0.05, 0) is 22.0 Å². The normalized spacial score (nSPS) is 9.44. The van der Waals surface area contributed by atoms with Crippen LogP contribution in [0.5, 0.6) is 0 Å². The van der Waals surface area contributed by atoms with E-state index in [1.54, 1.807) is 0 Å². The molecule has 0 fully saturated rings. The maximum atomic E-state index is 10.2. The lowest BCUT2D eigenvalue weighted by Crippen LogP contribution is -1.92. The van der Waals surface area contributed by atoms with Gasteiger partial charge in [-0.25, -0.2) is 4.79 Å². The second kappa shape index (κ2) is 2.23. The number of hydrogen-bond acceptors (Lipinski definition) is 2. The van der Waals surface area contributed by atoms with Gasteiger partial charge in [-0.3, -0.25) is 0 Å². The molecule has 1 aromatic rings. The van der Waals surface area contributed by atoms with Gasteiger partial charge in [0.2, 0.25) is 0 Å². The standard InChI is InChI=1S/C5H3BrO3/c6-4-3(5(7)8)1-2-9-4/h1-2H,(H,7,8). The molecule has 0 saturated carbocycles. The molecule has 48 valence electrons. The highest BCUT2D eigenvalue weighted by Gasteiger charge is 2.08. The van der Waals surface area contributed by atoms with Crippen molar-refractivity contribution in [1.29, 1.82) is 0 Å². The SMILES string of the molecule is O=C(O)c1ccoc1Br. The Morgan fingerprint density at radius 3 is 2.67 bits per heavy atom. The Morgan fingerprint density at radius 2 is 2.44 bits per heavy atom. The van der Waals surface area contributed by atoms with E-state index in [2.05, 4.69) is 20.3 Å². The second-order valence-electron chi connectivity index (χ2n) is 1.41. The lowest BCUT2D eigenvalue weighted by atomic mass is 10.4. The van der Waals surface area contributed by atoms with Crippen LogP contribution in [0.4, 0.5) is 0 Å². The second-order valence-corrected chi connectivity index (χ2v) is 2.13. The number of halogens is 1. The van der Waals surface area contributed by atoms with Crippen LogP contribution in [0.15, 0.2) is 21.4 Å². The van der Waals surface area contributed by atoms with Crippen molar-refractivity contribution in [2.24, 2.45) is 0 Å². The van der Waals surface area contributed by atoms with Crippen LogP contribution < -0.4 is 0 Å². The Kier molecular flexibility index (Phi) is 1.57. The zero-order valence-corrected chi connectivity index (χ0v) is 5.88. The highest BCUT2D eigenvalue weighted by molar-refractivity contribution is 9.10. The zero-order valence-electron chi connectivity index (χ0n) is 4.30. The summed E-state index contributed by atoms with van der Waals surface area (Å²) in [6.45, 7) is 0. The average molecular weight is 191 g/mol. The molecule has 4 heteroatoms. The first-order valence-corrected chi connectivity index (χ1v) is 2.97. The van der Waals surface area contributed by atoms with Crippen LogP contribution >= 0.6 is 15.9 Å². The number of carbonyl (C=O) groups is 1. The van der Waals surface area contributed by atoms with Crippen LogP contribution in [-0.4, -0.2) is 11.1 Å². The zero-order chi connectivity index (χ0) is 6.85. The summed E-state index contributed by atoms with van der Waals surface area (Å²) >= 11 is 2.92. The van der Waals surface area contributed by atoms with E-state index < -0.39 is 5.97 Å². The largest absolute Gasteiger partial charge is 0.478 e. The van der Waals surface area contributed by atoms with Crippen LogP contribution in [0.3, 0.4) is 0 Å². The summed E-state index contributed by atoms with van der Waals surface area (Å²) in [7, 11) is 0. The van der Waals surface area contributed by atoms with Crippen LogP contribution in [0.2, 0.25) is 0 Å². The molecule has 1 heterocycles. The van der Waals surface area contributed by atoms with Gasteiger partial charge in [-0.2, -0.15) is 0 Å². The molecular weight excluding hydrogens is 188 g/mol. The first-order valence-electron chi connectivity index (χ1n) is 2.18. The molecule has 1 aromatic heterocycles. The molecule has 0 unspecified atom stereocenters. The first-order chi connectivity index (χ1) is 4.22. The topological polar surface area (TPSA) is 50.4 Å². The maximum absolute atomic E-state index is 10.2. The van der Waals surface area contributed by atoms with Crippen molar-refractivity contribution in [3.63, 3.8) is 0 Å². The van der Waals surface area contributed by atoms with Gasteiger partial charge < -0.3 is 9.52 Å². The Bertz CT molecular complexity index is 228. The molecule has 0 aliphatic rings.